The first-order chi connectivity index (χ1) is 14.6. The van der Waals surface area contributed by atoms with E-state index in [1.807, 2.05) is 50.2 Å². The fourth-order valence-corrected chi connectivity index (χ4v) is 9.32. The molecule has 0 amide bonds. The number of carbonyl (C=O) groups is 1. The topological polar surface area (TPSA) is 54.0 Å². The van der Waals surface area contributed by atoms with Crippen LogP contribution >= 0.6 is 0 Å². The van der Waals surface area contributed by atoms with Crippen LogP contribution in [-0.2, 0) is 23.4 Å². The number of ketones is 1. The number of ether oxygens (including phenoxy) is 3. The molecule has 2 heterocycles. The largest absolute Gasteiger partial charge is 0.395 e. The first-order valence-corrected chi connectivity index (χ1v) is 12.8. The van der Waals surface area contributed by atoms with Crippen molar-refractivity contribution in [2.24, 2.45) is 0 Å². The van der Waals surface area contributed by atoms with E-state index in [1.54, 1.807) is 0 Å². The van der Waals surface area contributed by atoms with Crippen molar-refractivity contribution in [1.29, 1.82) is 0 Å². The average Bonchev–Trinajstić information content (AvgIpc) is 3.28. The van der Waals surface area contributed by atoms with Gasteiger partial charge in [-0.05, 0) is 29.3 Å². The van der Waals surface area contributed by atoms with Crippen LogP contribution in [0, 0.1) is 0 Å². The van der Waals surface area contributed by atoms with E-state index in [0.29, 0.717) is 6.61 Å². The van der Waals surface area contributed by atoms with E-state index >= 15 is 0 Å². The molecule has 0 radical (unpaired) electrons. The Kier molecular flexibility index (Phi) is 5.96. The average molecular weight is 441 g/mol. The molecule has 6 heteroatoms. The Morgan fingerprint density at radius 3 is 1.94 bits per heavy atom. The Hall–Kier alpha value is -1.83. The predicted molar refractivity (Wildman–Crippen MR) is 122 cm³/mol. The van der Waals surface area contributed by atoms with Gasteiger partial charge >= 0.3 is 0 Å². The summed E-state index contributed by atoms with van der Waals surface area (Å²) in [6, 6.07) is 20.7. The standard InChI is InChI=1S/C25H32O5Si/c1-24(2,3)31(18-12-8-6-9-13-18,19-14-10-7-11-15-19)30-20-16-27-23(22(20)26)21-17-28-25(4,5)29-21/h6-15,20-21,23H,16-17H2,1-5H3/t20-,21+,23+/m0/s1. The van der Waals surface area contributed by atoms with E-state index < -0.39 is 32.4 Å². The van der Waals surface area contributed by atoms with Gasteiger partial charge in [0.05, 0.1) is 13.2 Å². The van der Waals surface area contributed by atoms with E-state index in [9.17, 15) is 4.79 Å². The number of carbonyl (C=O) groups excluding carboxylic acids is 1. The smallest absolute Gasteiger partial charge is 0.262 e. The summed E-state index contributed by atoms with van der Waals surface area (Å²) in [4.78, 5) is 13.4. The first-order valence-electron chi connectivity index (χ1n) is 10.9. The summed E-state index contributed by atoms with van der Waals surface area (Å²) in [6.45, 7) is 10.9. The van der Waals surface area contributed by atoms with Gasteiger partial charge in [0.1, 0.15) is 18.3 Å². The molecule has 4 rings (SSSR count). The van der Waals surface area contributed by atoms with Crippen LogP contribution in [0.4, 0.5) is 0 Å². The Labute approximate surface area is 185 Å². The lowest BCUT2D eigenvalue weighted by Crippen LogP contribution is -2.68. The van der Waals surface area contributed by atoms with Crippen LogP contribution in [0.25, 0.3) is 0 Å². The van der Waals surface area contributed by atoms with Gasteiger partial charge in [-0.15, -0.1) is 0 Å². The molecule has 2 aromatic rings. The van der Waals surface area contributed by atoms with Gasteiger partial charge in [-0.1, -0.05) is 81.4 Å². The summed E-state index contributed by atoms with van der Waals surface area (Å²) in [5.74, 6) is -0.759. The lowest BCUT2D eigenvalue weighted by molar-refractivity contribution is -0.156. The van der Waals surface area contributed by atoms with Gasteiger partial charge in [0, 0.05) is 0 Å². The van der Waals surface area contributed by atoms with Gasteiger partial charge in [0.15, 0.2) is 11.6 Å². The molecule has 0 N–H and O–H groups in total. The summed E-state index contributed by atoms with van der Waals surface area (Å²) in [5.41, 5.74) is 0. The second-order valence-corrected chi connectivity index (χ2v) is 14.0. The van der Waals surface area contributed by atoms with Gasteiger partial charge in [-0.2, -0.15) is 0 Å². The molecule has 2 aliphatic rings. The molecule has 2 aromatic carbocycles. The maximum Gasteiger partial charge on any atom is 0.262 e. The number of benzene rings is 2. The highest BCUT2D eigenvalue weighted by Crippen LogP contribution is 2.39. The lowest BCUT2D eigenvalue weighted by atomic mass is 10.1. The fraction of sp³-hybridized carbons (Fsp3) is 0.480. The Morgan fingerprint density at radius 1 is 0.935 bits per heavy atom. The quantitative estimate of drug-likeness (QED) is 0.669. The molecule has 2 fully saturated rings. The molecule has 31 heavy (non-hydrogen) atoms. The zero-order chi connectivity index (χ0) is 22.3. The molecule has 0 bridgehead atoms. The first kappa shape index (κ1) is 22.4. The van der Waals surface area contributed by atoms with Crippen LogP contribution in [0.3, 0.4) is 0 Å². The van der Waals surface area contributed by atoms with Crippen molar-refractivity contribution >= 4 is 24.5 Å². The SMILES string of the molecule is CC1(C)OC[C@H]([C@H]2OC[C@H](O[Si](c3ccccc3)(c3ccccc3)C(C)(C)C)C2=O)O1. The fourth-order valence-electron chi connectivity index (χ4n) is 4.69. The second kappa shape index (κ2) is 8.26. The summed E-state index contributed by atoms with van der Waals surface area (Å²) < 4.78 is 24.4. The minimum absolute atomic E-state index is 0.0562. The summed E-state index contributed by atoms with van der Waals surface area (Å²) >= 11 is 0. The normalized spacial score (nSPS) is 26.4. The zero-order valence-electron chi connectivity index (χ0n) is 19.0. The van der Waals surface area contributed by atoms with Crippen molar-refractivity contribution < 1.29 is 23.4 Å². The zero-order valence-corrected chi connectivity index (χ0v) is 20.0. The third-order valence-corrected chi connectivity index (χ3v) is 11.2. The summed E-state index contributed by atoms with van der Waals surface area (Å²) in [7, 11) is -2.83. The molecule has 166 valence electrons. The molecule has 0 aromatic heterocycles. The molecule has 0 spiro atoms. The van der Waals surface area contributed by atoms with E-state index in [1.165, 1.54) is 0 Å². The predicted octanol–water partition coefficient (Wildman–Crippen LogP) is 3.05. The molecule has 0 saturated carbocycles. The summed E-state index contributed by atoms with van der Waals surface area (Å²) in [6.07, 6.45) is -1.70. The van der Waals surface area contributed by atoms with Gasteiger partial charge in [0.25, 0.3) is 8.32 Å². The van der Waals surface area contributed by atoms with E-state index in [-0.39, 0.29) is 17.4 Å². The van der Waals surface area contributed by atoms with Gasteiger partial charge in [-0.3, -0.25) is 4.79 Å². The number of rotatable bonds is 5. The highest BCUT2D eigenvalue weighted by Gasteiger charge is 2.55. The van der Waals surface area contributed by atoms with E-state index in [0.717, 1.165) is 10.4 Å². The Morgan fingerprint density at radius 2 is 1.48 bits per heavy atom. The van der Waals surface area contributed by atoms with Crippen molar-refractivity contribution in [3.8, 4) is 0 Å². The molecular formula is C25H32O5Si. The number of Topliss-reactive ketones (excluding diaryl/α,β-unsaturated/α-hetero) is 1. The molecule has 3 atom stereocenters. The van der Waals surface area contributed by atoms with Crippen LogP contribution in [0.1, 0.15) is 34.6 Å². The highest BCUT2D eigenvalue weighted by atomic mass is 28.4. The molecule has 0 unspecified atom stereocenters. The van der Waals surface area contributed by atoms with Gasteiger partial charge < -0.3 is 18.6 Å². The Bertz CT molecular complexity index is 867. The molecule has 5 nitrogen and oxygen atoms in total. The molecule has 0 aliphatic carbocycles. The van der Waals surface area contributed by atoms with Gasteiger partial charge in [-0.25, -0.2) is 0 Å². The van der Waals surface area contributed by atoms with Crippen LogP contribution < -0.4 is 10.4 Å². The maximum absolute atomic E-state index is 13.4. The number of hydrogen-bond acceptors (Lipinski definition) is 5. The minimum Gasteiger partial charge on any atom is -0.395 e. The second-order valence-electron chi connectivity index (χ2n) is 9.79. The third-order valence-electron chi connectivity index (χ3n) is 6.13. The molecule has 2 aliphatic heterocycles. The van der Waals surface area contributed by atoms with Crippen molar-refractivity contribution in [3.63, 3.8) is 0 Å². The van der Waals surface area contributed by atoms with Crippen LogP contribution in [-0.4, -0.2) is 51.4 Å². The van der Waals surface area contributed by atoms with Crippen molar-refractivity contribution in [1.82, 2.24) is 0 Å². The van der Waals surface area contributed by atoms with Crippen molar-refractivity contribution in [3.05, 3.63) is 60.7 Å². The van der Waals surface area contributed by atoms with Crippen LogP contribution in [0.5, 0.6) is 0 Å². The Balaban J connectivity index is 1.70. The van der Waals surface area contributed by atoms with Gasteiger partial charge in [0.2, 0.25) is 0 Å². The molecular weight excluding hydrogens is 408 g/mol. The monoisotopic (exact) mass is 440 g/mol. The minimum atomic E-state index is -2.83. The third kappa shape index (κ3) is 4.15. The van der Waals surface area contributed by atoms with Crippen LogP contribution in [0.15, 0.2) is 60.7 Å². The summed E-state index contributed by atoms with van der Waals surface area (Å²) in [5, 5.41) is 2.08. The maximum atomic E-state index is 13.4. The van der Waals surface area contributed by atoms with Crippen LogP contribution in [0.2, 0.25) is 5.04 Å². The van der Waals surface area contributed by atoms with E-state index in [2.05, 4.69) is 45.0 Å². The van der Waals surface area contributed by atoms with Crippen molar-refractivity contribution in [2.75, 3.05) is 13.2 Å². The van der Waals surface area contributed by atoms with Crippen molar-refractivity contribution in [2.45, 2.75) is 63.8 Å². The van der Waals surface area contributed by atoms with E-state index in [4.69, 9.17) is 18.6 Å². The number of hydrogen-bond donors (Lipinski definition) is 0. The highest BCUT2D eigenvalue weighted by molar-refractivity contribution is 6.99. The molecule has 2 saturated heterocycles. The lowest BCUT2D eigenvalue weighted by Gasteiger charge is -2.44.